The molecule has 0 bridgehead atoms. The molecule has 0 N–H and O–H groups in total. The summed E-state index contributed by atoms with van der Waals surface area (Å²) in [7, 11) is 0. The number of hydrogen-bond acceptors (Lipinski definition) is 2. The highest BCUT2D eigenvalue weighted by molar-refractivity contribution is 5.75. The Morgan fingerprint density at radius 1 is 1.17 bits per heavy atom. The summed E-state index contributed by atoms with van der Waals surface area (Å²) in [5.41, 5.74) is 0.690. The lowest BCUT2D eigenvalue weighted by Gasteiger charge is -2.07. The van der Waals surface area contributed by atoms with E-state index < -0.39 is 12.5 Å². The molecule has 0 atom stereocenters. The minimum Gasteiger partial charge on any atom is -0.454 e. The van der Waals surface area contributed by atoms with Crippen molar-refractivity contribution in [3.63, 3.8) is 0 Å². The van der Waals surface area contributed by atoms with Gasteiger partial charge >= 0.3 is 0 Å². The van der Waals surface area contributed by atoms with Crippen LogP contribution in [0.15, 0.2) is 42.5 Å². The second-order valence-corrected chi connectivity index (χ2v) is 3.69. The average Bonchev–Trinajstić information content (AvgIpc) is 2.41. The number of carbonyl (C=O) groups is 1. The van der Waals surface area contributed by atoms with Crippen LogP contribution in [0.25, 0.3) is 0 Å². The summed E-state index contributed by atoms with van der Waals surface area (Å²) in [5, 5.41) is 0. The Balaban J connectivity index is 2.25. The van der Waals surface area contributed by atoms with E-state index in [0.29, 0.717) is 17.6 Å². The van der Waals surface area contributed by atoms with Gasteiger partial charge < -0.3 is 4.74 Å². The molecule has 0 fully saturated rings. The second-order valence-electron chi connectivity index (χ2n) is 3.69. The molecule has 0 unspecified atom stereocenters. The maximum atomic E-state index is 13.5. The van der Waals surface area contributed by atoms with E-state index in [1.54, 1.807) is 18.2 Å². The van der Waals surface area contributed by atoms with E-state index in [-0.39, 0.29) is 11.3 Å². The van der Waals surface area contributed by atoms with Crippen LogP contribution in [0.5, 0.6) is 11.5 Å². The monoisotopic (exact) mass is 248 g/mol. The fraction of sp³-hybridized carbons (Fsp3) is 0.0714. The summed E-state index contributed by atoms with van der Waals surface area (Å²) in [5.74, 6) is -0.287. The number of aldehydes is 1. The van der Waals surface area contributed by atoms with Crippen molar-refractivity contribution in [2.75, 3.05) is 0 Å². The molecule has 2 rings (SSSR count). The summed E-state index contributed by atoms with van der Waals surface area (Å²) >= 11 is 0. The zero-order chi connectivity index (χ0) is 13.0. The molecule has 0 aromatic heterocycles. The van der Waals surface area contributed by atoms with Gasteiger partial charge in [0.25, 0.3) is 0 Å². The van der Waals surface area contributed by atoms with Crippen molar-refractivity contribution in [3.05, 3.63) is 59.4 Å². The molecule has 0 spiro atoms. The molecular weight excluding hydrogens is 238 g/mol. The van der Waals surface area contributed by atoms with Crippen molar-refractivity contribution in [2.24, 2.45) is 0 Å². The minimum absolute atomic E-state index is 0.00314. The van der Waals surface area contributed by atoms with Crippen molar-refractivity contribution in [2.45, 2.75) is 6.67 Å². The topological polar surface area (TPSA) is 26.3 Å². The number of rotatable bonds is 4. The second kappa shape index (κ2) is 5.40. The molecule has 0 aliphatic carbocycles. The predicted molar refractivity (Wildman–Crippen MR) is 63.1 cm³/mol. The molecule has 2 nitrogen and oxygen atoms in total. The fourth-order valence-corrected chi connectivity index (χ4v) is 1.49. The van der Waals surface area contributed by atoms with Crippen molar-refractivity contribution in [3.8, 4) is 11.5 Å². The third-order valence-electron chi connectivity index (χ3n) is 2.37. The highest BCUT2D eigenvalue weighted by Crippen LogP contribution is 2.25. The normalized spacial score (nSPS) is 10.1. The van der Waals surface area contributed by atoms with Gasteiger partial charge in [-0.1, -0.05) is 12.1 Å². The van der Waals surface area contributed by atoms with Gasteiger partial charge in [-0.3, -0.25) is 4.79 Å². The fourth-order valence-electron chi connectivity index (χ4n) is 1.49. The van der Waals surface area contributed by atoms with Crippen LogP contribution < -0.4 is 4.74 Å². The SMILES string of the molecule is O=Cc1ccc(Oc2cccc(CF)c2)c(F)c1. The third-order valence-corrected chi connectivity index (χ3v) is 2.37. The van der Waals surface area contributed by atoms with Gasteiger partial charge in [-0.2, -0.15) is 0 Å². The predicted octanol–water partition coefficient (Wildman–Crippen LogP) is 3.90. The van der Waals surface area contributed by atoms with E-state index in [1.165, 1.54) is 18.2 Å². The molecule has 0 radical (unpaired) electrons. The van der Waals surface area contributed by atoms with Gasteiger partial charge in [0.2, 0.25) is 0 Å². The van der Waals surface area contributed by atoms with Crippen LogP contribution in [0.1, 0.15) is 15.9 Å². The first kappa shape index (κ1) is 12.2. The minimum atomic E-state index is -0.634. The van der Waals surface area contributed by atoms with Crippen LogP contribution >= 0.6 is 0 Å². The standard InChI is InChI=1S/C14H10F2O2/c15-8-10-2-1-3-12(6-10)18-14-5-4-11(9-17)7-13(14)16/h1-7,9H,8H2. The lowest BCUT2D eigenvalue weighted by Crippen LogP contribution is -1.91. The number of ether oxygens (including phenoxy) is 1. The molecule has 0 saturated carbocycles. The number of benzene rings is 2. The average molecular weight is 248 g/mol. The van der Waals surface area contributed by atoms with Gasteiger partial charge in [0, 0.05) is 5.56 Å². The summed E-state index contributed by atoms with van der Waals surface area (Å²) in [6.07, 6.45) is 0.552. The van der Waals surface area contributed by atoms with Gasteiger partial charge in [0.05, 0.1) is 0 Å². The first-order valence-electron chi connectivity index (χ1n) is 5.30. The number of hydrogen-bond donors (Lipinski definition) is 0. The Morgan fingerprint density at radius 3 is 2.67 bits per heavy atom. The van der Waals surface area contributed by atoms with Gasteiger partial charge in [-0.15, -0.1) is 0 Å². The maximum Gasteiger partial charge on any atom is 0.166 e. The van der Waals surface area contributed by atoms with Crippen LogP contribution in [0.4, 0.5) is 8.78 Å². The van der Waals surface area contributed by atoms with Crippen LogP contribution in [-0.2, 0) is 6.67 Å². The molecule has 4 heteroatoms. The maximum absolute atomic E-state index is 13.5. The first-order valence-corrected chi connectivity index (χ1v) is 5.30. The molecule has 0 aliphatic rings. The van der Waals surface area contributed by atoms with E-state index in [0.717, 1.165) is 6.07 Å². The van der Waals surface area contributed by atoms with Crippen LogP contribution in [0, 0.1) is 5.82 Å². The Bertz CT molecular complexity index is 567. The molecule has 0 heterocycles. The van der Waals surface area contributed by atoms with Gasteiger partial charge in [0.15, 0.2) is 11.6 Å². The van der Waals surface area contributed by atoms with Gasteiger partial charge in [-0.25, -0.2) is 8.78 Å². The van der Waals surface area contributed by atoms with Gasteiger partial charge in [0.1, 0.15) is 18.7 Å². The summed E-state index contributed by atoms with van der Waals surface area (Å²) in [6, 6.07) is 10.2. The molecule has 92 valence electrons. The van der Waals surface area contributed by atoms with Crippen LogP contribution in [0.3, 0.4) is 0 Å². The van der Waals surface area contributed by atoms with Crippen molar-refractivity contribution in [1.82, 2.24) is 0 Å². The van der Waals surface area contributed by atoms with Crippen molar-refractivity contribution >= 4 is 6.29 Å². The van der Waals surface area contributed by atoms with E-state index in [9.17, 15) is 13.6 Å². The van der Waals surface area contributed by atoms with Crippen molar-refractivity contribution in [1.29, 1.82) is 0 Å². The zero-order valence-electron chi connectivity index (χ0n) is 9.40. The summed E-state index contributed by atoms with van der Waals surface area (Å²) in [6.45, 7) is -0.607. The molecule has 0 aliphatic heterocycles. The van der Waals surface area contributed by atoms with Gasteiger partial charge in [-0.05, 0) is 35.9 Å². The van der Waals surface area contributed by atoms with E-state index in [4.69, 9.17) is 4.74 Å². The lowest BCUT2D eigenvalue weighted by molar-refractivity contribution is 0.112. The first-order chi connectivity index (χ1) is 8.72. The molecule has 0 saturated heterocycles. The summed E-state index contributed by atoms with van der Waals surface area (Å²) < 4.78 is 31.3. The molecule has 0 amide bonds. The molecule has 18 heavy (non-hydrogen) atoms. The van der Waals surface area contributed by atoms with E-state index in [2.05, 4.69) is 0 Å². The van der Waals surface area contributed by atoms with Crippen LogP contribution in [-0.4, -0.2) is 6.29 Å². The number of halogens is 2. The molecule has 2 aromatic carbocycles. The smallest absolute Gasteiger partial charge is 0.166 e. The largest absolute Gasteiger partial charge is 0.454 e. The van der Waals surface area contributed by atoms with Crippen molar-refractivity contribution < 1.29 is 18.3 Å². The highest BCUT2D eigenvalue weighted by Gasteiger charge is 2.06. The van der Waals surface area contributed by atoms with Crippen LogP contribution in [0.2, 0.25) is 0 Å². The molecular formula is C14H10F2O2. The zero-order valence-corrected chi connectivity index (χ0v) is 9.40. The Morgan fingerprint density at radius 2 is 2.00 bits per heavy atom. The Labute approximate surface area is 103 Å². The number of carbonyl (C=O) groups excluding carboxylic acids is 1. The quantitative estimate of drug-likeness (QED) is 0.767. The third kappa shape index (κ3) is 2.71. The Kier molecular flexibility index (Phi) is 3.67. The Hall–Kier alpha value is -2.23. The summed E-state index contributed by atoms with van der Waals surface area (Å²) in [4.78, 5) is 10.5. The highest BCUT2D eigenvalue weighted by atomic mass is 19.1. The molecule has 2 aromatic rings. The van der Waals surface area contributed by atoms with E-state index in [1.807, 2.05) is 0 Å². The number of alkyl halides is 1. The van der Waals surface area contributed by atoms with E-state index >= 15 is 0 Å². The lowest BCUT2D eigenvalue weighted by atomic mass is 10.2.